The number of alkyl halides is 1. The molecule has 2 N–H and O–H groups in total. The number of aryl methyl sites for hydroxylation is 1. The molecule has 2 bridgehead atoms. The average molecular weight is 545 g/mol. The number of aromatic nitrogens is 3. The highest BCUT2D eigenvalue weighted by Crippen LogP contribution is 2.47. The van der Waals surface area contributed by atoms with E-state index in [1.807, 2.05) is 18.3 Å². The van der Waals surface area contributed by atoms with Gasteiger partial charge in [0.2, 0.25) is 0 Å². The molecule has 6 heterocycles. The minimum atomic E-state index is -0.800. The van der Waals surface area contributed by atoms with E-state index in [1.165, 1.54) is 31.2 Å². The Bertz CT molecular complexity index is 1470. The molecule has 0 spiro atoms. The van der Waals surface area contributed by atoms with E-state index in [-0.39, 0.29) is 11.3 Å². The van der Waals surface area contributed by atoms with Crippen LogP contribution in [0.25, 0.3) is 22.2 Å². The fourth-order valence-electron chi connectivity index (χ4n) is 7.96. The van der Waals surface area contributed by atoms with Gasteiger partial charge in [-0.3, -0.25) is 9.88 Å². The van der Waals surface area contributed by atoms with Crippen LogP contribution < -0.4 is 15.0 Å². The normalized spacial score (nSPS) is 29.9. The number of aromatic hydroxyl groups is 1. The van der Waals surface area contributed by atoms with Crippen molar-refractivity contribution in [2.45, 2.75) is 81.6 Å². The molecule has 8 rings (SSSR count). The Kier molecular flexibility index (Phi) is 5.71. The zero-order valence-corrected chi connectivity index (χ0v) is 23.1. The molecule has 0 radical (unpaired) electrons. The largest absolute Gasteiger partial charge is 0.508 e. The third-order valence-electron chi connectivity index (χ3n) is 9.91. The van der Waals surface area contributed by atoms with Crippen LogP contribution in [0, 0.1) is 6.92 Å². The van der Waals surface area contributed by atoms with E-state index < -0.39 is 6.17 Å². The van der Waals surface area contributed by atoms with Crippen LogP contribution in [0.4, 0.5) is 10.2 Å². The predicted octanol–water partition coefficient (Wildman–Crippen LogP) is 4.48. The lowest BCUT2D eigenvalue weighted by atomic mass is 9.93. The highest BCUT2D eigenvalue weighted by molar-refractivity contribution is 5.89. The van der Waals surface area contributed by atoms with E-state index in [0.29, 0.717) is 43.6 Å². The highest BCUT2D eigenvalue weighted by atomic mass is 19.1. The van der Waals surface area contributed by atoms with Crippen molar-refractivity contribution >= 4 is 16.9 Å². The monoisotopic (exact) mass is 544 g/mol. The Hall–Kier alpha value is -3.04. The molecule has 0 amide bonds. The number of benzene rings is 1. The lowest BCUT2D eigenvalue weighted by molar-refractivity contribution is 0.107. The van der Waals surface area contributed by atoms with Crippen LogP contribution >= 0.6 is 0 Å². The summed E-state index contributed by atoms with van der Waals surface area (Å²) >= 11 is 0. The summed E-state index contributed by atoms with van der Waals surface area (Å²) in [4.78, 5) is 19.4. The Labute approximate surface area is 234 Å². The Balaban J connectivity index is 1.20. The van der Waals surface area contributed by atoms with Gasteiger partial charge in [-0.1, -0.05) is 0 Å². The topological polar surface area (TPSA) is 86.6 Å². The molecular weight excluding hydrogens is 507 g/mol. The van der Waals surface area contributed by atoms with E-state index in [9.17, 15) is 9.50 Å². The first-order valence-electron chi connectivity index (χ1n) is 15.0. The maximum absolute atomic E-state index is 14.4. The average Bonchev–Trinajstić information content (AvgIpc) is 3.51. The van der Waals surface area contributed by atoms with Gasteiger partial charge in [0.1, 0.15) is 24.0 Å². The summed E-state index contributed by atoms with van der Waals surface area (Å²) in [7, 11) is 0. The number of anilines is 1. The maximum atomic E-state index is 14.4. The van der Waals surface area contributed by atoms with E-state index in [0.717, 1.165) is 66.0 Å². The highest BCUT2D eigenvalue weighted by Gasteiger charge is 2.49. The van der Waals surface area contributed by atoms with Crippen LogP contribution in [0.1, 0.15) is 62.0 Å². The van der Waals surface area contributed by atoms with Crippen molar-refractivity contribution < 1.29 is 14.2 Å². The summed E-state index contributed by atoms with van der Waals surface area (Å²) in [5.41, 5.74) is 5.63. The molecule has 9 heteroatoms. The van der Waals surface area contributed by atoms with Crippen molar-refractivity contribution in [1.29, 1.82) is 0 Å². The van der Waals surface area contributed by atoms with E-state index >= 15 is 0 Å². The molecule has 8 nitrogen and oxygen atoms in total. The van der Waals surface area contributed by atoms with Crippen LogP contribution in [-0.4, -0.2) is 81.5 Å². The molecule has 2 aromatic heterocycles. The smallest absolute Gasteiger partial charge is 0.319 e. The van der Waals surface area contributed by atoms with Crippen LogP contribution in [0.15, 0.2) is 24.4 Å². The summed E-state index contributed by atoms with van der Waals surface area (Å²) in [6, 6.07) is 7.03. The van der Waals surface area contributed by atoms with Gasteiger partial charge in [0.25, 0.3) is 0 Å². The zero-order valence-electron chi connectivity index (χ0n) is 23.1. The molecule has 210 valence electrons. The molecule has 2 unspecified atom stereocenters. The van der Waals surface area contributed by atoms with Crippen molar-refractivity contribution in [3.8, 4) is 22.9 Å². The van der Waals surface area contributed by atoms with Gasteiger partial charge >= 0.3 is 6.01 Å². The number of phenolic OH excluding ortho intramolecular Hbond substituents is 1. The second-order valence-corrected chi connectivity index (χ2v) is 12.8. The van der Waals surface area contributed by atoms with E-state index in [4.69, 9.17) is 19.7 Å². The molecule has 5 aliphatic rings. The molecular formula is C31H37FN6O2. The minimum Gasteiger partial charge on any atom is -0.508 e. The number of pyridine rings is 1. The van der Waals surface area contributed by atoms with Crippen LogP contribution in [0.3, 0.4) is 0 Å². The first-order valence-corrected chi connectivity index (χ1v) is 15.0. The van der Waals surface area contributed by atoms with Crippen molar-refractivity contribution in [2.75, 3.05) is 37.7 Å². The van der Waals surface area contributed by atoms with Gasteiger partial charge in [-0.05, 0) is 92.8 Å². The summed E-state index contributed by atoms with van der Waals surface area (Å²) in [6.45, 7) is 5.66. The molecule has 1 aliphatic carbocycles. The number of phenols is 1. The van der Waals surface area contributed by atoms with E-state index in [2.05, 4.69) is 28.1 Å². The molecule has 40 heavy (non-hydrogen) atoms. The maximum Gasteiger partial charge on any atom is 0.319 e. The molecule has 4 saturated heterocycles. The first kappa shape index (κ1) is 24.7. The molecule has 4 aliphatic heterocycles. The number of nitrogens with zero attached hydrogens (tertiary/aromatic N) is 5. The minimum absolute atomic E-state index is 0.260. The third-order valence-corrected chi connectivity index (χ3v) is 9.91. The summed E-state index contributed by atoms with van der Waals surface area (Å²) in [5.74, 6) is 1.61. The Morgan fingerprint density at radius 3 is 2.73 bits per heavy atom. The molecule has 4 atom stereocenters. The van der Waals surface area contributed by atoms with Gasteiger partial charge < -0.3 is 20.1 Å². The van der Waals surface area contributed by atoms with Gasteiger partial charge in [0.15, 0.2) is 5.82 Å². The number of hydrogen-bond acceptors (Lipinski definition) is 8. The standard InChI is InChI=1S/C31H37FN6O2/c1-18-9-24(39)11-25(27(18)19-3-4-19)20-10-26-28(33-13-20)29(37-15-22-5-6-23(16-37)34-22)36-30(35-26)40-17-31-7-2-8-38(31)14-21(32)12-31/h9-11,13,19,21-23,34,39H,2-8,12,14-17H2,1H3/t21-,22?,23?,31+/m1/s1. The van der Waals surface area contributed by atoms with Crippen LogP contribution in [-0.2, 0) is 0 Å². The number of halogens is 1. The van der Waals surface area contributed by atoms with Gasteiger partial charge in [0, 0.05) is 49.9 Å². The van der Waals surface area contributed by atoms with Crippen LogP contribution in [0.2, 0.25) is 0 Å². The number of piperazine rings is 1. The lowest BCUT2D eigenvalue weighted by Crippen LogP contribution is -2.51. The van der Waals surface area contributed by atoms with Crippen molar-refractivity contribution in [1.82, 2.24) is 25.2 Å². The number of ether oxygens (including phenoxy) is 1. The van der Waals surface area contributed by atoms with Gasteiger partial charge in [-0.15, -0.1) is 0 Å². The summed E-state index contributed by atoms with van der Waals surface area (Å²) in [6.07, 6.45) is 8.34. The second-order valence-electron chi connectivity index (χ2n) is 12.8. The number of hydrogen-bond donors (Lipinski definition) is 2. The number of rotatable bonds is 6. The molecule has 1 saturated carbocycles. The van der Waals surface area contributed by atoms with Gasteiger partial charge in [0.05, 0.1) is 11.1 Å². The fraction of sp³-hybridized carbons (Fsp3) is 0.581. The third kappa shape index (κ3) is 4.20. The predicted molar refractivity (Wildman–Crippen MR) is 152 cm³/mol. The second kappa shape index (κ2) is 9.24. The lowest BCUT2D eigenvalue weighted by Gasteiger charge is -2.34. The SMILES string of the molecule is Cc1cc(O)cc(-c2cnc3c(N4CC5CCC(C4)N5)nc(OC[C@@]45CCCN4C[C@H](F)C5)nc3c2)c1C1CC1. The summed E-state index contributed by atoms with van der Waals surface area (Å²) in [5, 5.41) is 14.2. The molecule has 3 aromatic rings. The number of nitrogens with one attached hydrogen (secondary N) is 1. The van der Waals surface area contributed by atoms with E-state index in [1.54, 1.807) is 0 Å². The van der Waals surface area contributed by atoms with Crippen LogP contribution in [0.5, 0.6) is 11.8 Å². The van der Waals surface area contributed by atoms with Gasteiger partial charge in [-0.2, -0.15) is 9.97 Å². The molecule has 5 fully saturated rings. The first-order chi connectivity index (χ1) is 19.4. The zero-order chi connectivity index (χ0) is 27.0. The fourth-order valence-corrected chi connectivity index (χ4v) is 7.96. The molecule has 1 aromatic carbocycles. The van der Waals surface area contributed by atoms with Crippen molar-refractivity contribution in [3.63, 3.8) is 0 Å². The Morgan fingerprint density at radius 1 is 1.10 bits per heavy atom. The summed E-state index contributed by atoms with van der Waals surface area (Å²) < 4.78 is 20.8. The quantitative estimate of drug-likeness (QED) is 0.470. The van der Waals surface area contributed by atoms with Crippen molar-refractivity contribution in [3.05, 3.63) is 35.5 Å². The van der Waals surface area contributed by atoms with Crippen molar-refractivity contribution in [2.24, 2.45) is 0 Å². The Morgan fingerprint density at radius 2 is 1.93 bits per heavy atom. The number of fused-ring (bicyclic) bond motifs is 4. The van der Waals surface area contributed by atoms with Gasteiger partial charge in [-0.25, -0.2) is 4.39 Å².